The topological polar surface area (TPSA) is 86.0 Å². The van der Waals surface area contributed by atoms with E-state index < -0.39 is 4.92 Å². The zero-order chi connectivity index (χ0) is 16.8. The molecule has 2 aromatic carbocycles. The highest BCUT2D eigenvalue weighted by atomic mass is 35.5. The fourth-order valence-corrected chi connectivity index (χ4v) is 1.97. The van der Waals surface area contributed by atoms with E-state index in [1.165, 1.54) is 32.6 Å². The lowest BCUT2D eigenvalue weighted by molar-refractivity contribution is -0.385. The molecule has 0 aliphatic heterocycles. The lowest BCUT2D eigenvalue weighted by Gasteiger charge is -2.08. The fraction of sp³-hybridized carbons (Fsp3) is 0.133. The van der Waals surface area contributed by atoms with Gasteiger partial charge < -0.3 is 9.47 Å². The van der Waals surface area contributed by atoms with Gasteiger partial charge in [-0.25, -0.2) is 0 Å². The first kappa shape index (κ1) is 16.6. The summed E-state index contributed by atoms with van der Waals surface area (Å²) in [6.45, 7) is 0. The predicted octanol–water partition coefficient (Wildman–Crippen LogP) is 3.71. The SMILES string of the molecule is COc1cc(/C=N\Nc2ccc(Cl)cc2)c([N+](=O)[O-])cc1OC. The molecule has 0 spiro atoms. The number of ether oxygens (including phenoxy) is 2. The van der Waals surface area contributed by atoms with E-state index in [1.54, 1.807) is 24.3 Å². The van der Waals surface area contributed by atoms with Crippen molar-refractivity contribution in [2.45, 2.75) is 0 Å². The van der Waals surface area contributed by atoms with Crippen LogP contribution < -0.4 is 14.9 Å². The highest BCUT2D eigenvalue weighted by molar-refractivity contribution is 6.30. The van der Waals surface area contributed by atoms with Crippen molar-refractivity contribution in [1.82, 2.24) is 0 Å². The van der Waals surface area contributed by atoms with Crippen LogP contribution in [-0.4, -0.2) is 25.4 Å². The van der Waals surface area contributed by atoms with Gasteiger partial charge in [-0.05, 0) is 30.3 Å². The van der Waals surface area contributed by atoms with Crippen molar-refractivity contribution in [2.75, 3.05) is 19.6 Å². The minimum atomic E-state index is -0.508. The van der Waals surface area contributed by atoms with Gasteiger partial charge in [0.05, 0.1) is 42.7 Å². The monoisotopic (exact) mass is 335 g/mol. The second-order valence-electron chi connectivity index (χ2n) is 4.40. The van der Waals surface area contributed by atoms with Crippen molar-refractivity contribution in [1.29, 1.82) is 0 Å². The van der Waals surface area contributed by atoms with E-state index in [1.807, 2.05) is 0 Å². The maximum atomic E-state index is 11.2. The molecule has 0 heterocycles. The quantitative estimate of drug-likeness (QED) is 0.494. The summed E-state index contributed by atoms with van der Waals surface area (Å²) in [4.78, 5) is 10.7. The summed E-state index contributed by atoms with van der Waals surface area (Å²) in [5.74, 6) is 0.660. The van der Waals surface area contributed by atoms with Gasteiger partial charge in [-0.2, -0.15) is 5.10 Å². The van der Waals surface area contributed by atoms with Crippen molar-refractivity contribution in [3.05, 3.63) is 57.1 Å². The molecule has 0 saturated carbocycles. The number of nitro groups is 1. The normalized spacial score (nSPS) is 10.6. The Balaban J connectivity index is 2.28. The summed E-state index contributed by atoms with van der Waals surface area (Å²) < 4.78 is 10.2. The molecule has 0 aliphatic rings. The number of halogens is 1. The average Bonchev–Trinajstić information content (AvgIpc) is 2.55. The van der Waals surface area contributed by atoms with Gasteiger partial charge in [-0.1, -0.05) is 11.6 Å². The van der Waals surface area contributed by atoms with Crippen LogP contribution in [0.3, 0.4) is 0 Å². The number of methoxy groups -OCH3 is 2. The zero-order valence-corrected chi connectivity index (χ0v) is 13.2. The first-order chi connectivity index (χ1) is 11.0. The van der Waals surface area contributed by atoms with Crippen molar-refractivity contribution >= 4 is 29.2 Å². The number of nitro benzene ring substituents is 1. The summed E-state index contributed by atoms with van der Waals surface area (Å²) in [5.41, 5.74) is 3.62. The van der Waals surface area contributed by atoms with Gasteiger partial charge >= 0.3 is 0 Å². The second-order valence-corrected chi connectivity index (χ2v) is 4.84. The number of benzene rings is 2. The van der Waals surface area contributed by atoms with Crippen molar-refractivity contribution in [3.8, 4) is 11.5 Å². The molecular formula is C15H14ClN3O4. The Bertz CT molecular complexity index is 732. The molecule has 120 valence electrons. The first-order valence-electron chi connectivity index (χ1n) is 6.50. The van der Waals surface area contributed by atoms with Crippen molar-refractivity contribution in [2.24, 2.45) is 5.10 Å². The molecule has 1 N–H and O–H groups in total. The minimum Gasteiger partial charge on any atom is -0.493 e. The summed E-state index contributed by atoms with van der Waals surface area (Å²) >= 11 is 5.79. The van der Waals surface area contributed by atoms with Crippen LogP contribution in [0.4, 0.5) is 11.4 Å². The molecule has 0 aliphatic carbocycles. The Morgan fingerprint density at radius 1 is 1.17 bits per heavy atom. The number of nitrogens with one attached hydrogen (secondary N) is 1. The van der Waals surface area contributed by atoms with E-state index in [-0.39, 0.29) is 17.0 Å². The molecule has 0 atom stereocenters. The second kappa shape index (κ2) is 7.46. The fourth-order valence-electron chi connectivity index (χ4n) is 1.85. The molecule has 0 aromatic heterocycles. The molecule has 0 fully saturated rings. The molecule has 0 amide bonds. The first-order valence-corrected chi connectivity index (χ1v) is 6.88. The Hall–Kier alpha value is -2.80. The number of hydrogen-bond acceptors (Lipinski definition) is 6. The Morgan fingerprint density at radius 2 is 1.78 bits per heavy atom. The Labute approximate surface area is 137 Å². The van der Waals surface area contributed by atoms with Crippen LogP contribution in [0.2, 0.25) is 5.02 Å². The van der Waals surface area contributed by atoms with E-state index in [4.69, 9.17) is 21.1 Å². The maximum Gasteiger partial charge on any atom is 0.282 e. The molecule has 7 nitrogen and oxygen atoms in total. The molecule has 8 heteroatoms. The molecule has 2 aromatic rings. The maximum absolute atomic E-state index is 11.2. The molecule has 0 radical (unpaired) electrons. The number of hydrazone groups is 1. The number of nitrogens with zero attached hydrogens (tertiary/aromatic N) is 2. The zero-order valence-electron chi connectivity index (χ0n) is 12.4. The van der Waals surface area contributed by atoms with Gasteiger partial charge in [0, 0.05) is 5.02 Å². The van der Waals surface area contributed by atoms with Gasteiger partial charge in [0.2, 0.25) is 0 Å². The number of rotatable bonds is 6. The molecule has 0 saturated heterocycles. The van der Waals surface area contributed by atoms with Crippen molar-refractivity contribution < 1.29 is 14.4 Å². The number of anilines is 1. The largest absolute Gasteiger partial charge is 0.493 e. The van der Waals surface area contributed by atoms with Gasteiger partial charge in [0.1, 0.15) is 0 Å². The van der Waals surface area contributed by atoms with Crippen LogP contribution in [-0.2, 0) is 0 Å². The lowest BCUT2D eigenvalue weighted by Crippen LogP contribution is -2.00. The van der Waals surface area contributed by atoms with E-state index in [2.05, 4.69) is 10.5 Å². The van der Waals surface area contributed by atoms with Crippen molar-refractivity contribution in [3.63, 3.8) is 0 Å². The summed E-state index contributed by atoms with van der Waals surface area (Å²) in [6.07, 6.45) is 1.34. The summed E-state index contributed by atoms with van der Waals surface area (Å²) in [6, 6.07) is 9.68. The number of hydrogen-bond donors (Lipinski definition) is 1. The van der Waals surface area contributed by atoms with E-state index >= 15 is 0 Å². The van der Waals surface area contributed by atoms with Crippen LogP contribution in [0.1, 0.15) is 5.56 Å². The standard InChI is InChI=1S/C15H14ClN3O4/c1-22-14-7-10(13(19(20)21)8-15(14)23-2)9-17-18-12-5-3-11(16)4-6-12/h3-9,18H,1-2H3/b17-9-. The third-order valence-electron chi connectivity index (χ3n) is 2.97. The van der Waals surface area contributed by atoms with Crippen LogP contribution in [0, 0.1) is 10.1 Å². The smallest absolute Gasteiger partial charge is 0.282 e. The third kappa shape index (κ3) is 4.10. The third-order valence-corrected chi connectivity index (χ3v) is 3.22. The van der Waals surface area contributed by atoms with Gasteiger partial charge in [-0.3, -0.25) is 15.5 Å². The lowest BCUT2D eigenvalue weighted by atomic mass is 10.1. The van der Waals surface area contributed by atoms with Crippen LogP contribution >= 0.6 is 11.6 Å². The molecule has 0 unspecified atom stereocenters. The van der Waals surface area contributed by atoms with Gasteiger partial charge in [0.25, 0.3) is 5.69 Å². The molecule has 0 bridgehead atoms. The highest BCUT2D eigenvalue weighted by Crippen LogP contribution is 2.33. The van der Waals surface area contributed by atoms with Crippen LogP contribution in [0.15, 0.2) is 41.5 Å². The van der Waals surface area contributed by atoms with E-state index in [0.717, 1.165) is 0 Å². The summed E-state index contributed by atoms with van der Waals surface area (Å²) in [5, 5.41) is 15.8. The molecular weight excluding hydrogens is 322 g/mol. The molecule has 2 rings (SSSR count). The van der Waals surface area contributed by atoms with Crippen LogP contribution in [0.5, 0.6) is 11.5 Å². The Morgan fingerprint density at radius 3 is 2.35 bits per heavy atom. The minimum absolute atomic E-state index is 0.135. The molecule has 23 heavy (non-hydrogen) atoms. The Kier molecular flexibility index (Phi) is 5.37. The van der Waals surface area contributed by atoms with Gasteiger partial charge in [0.15, 0.2) is 11.5 Å². The highest BCUT2D eigenvalue weighted by Gasteiger charge is 2.18. The predicted molar refractivity (Wildman–Crippen MR) is 88.9 cm³/mol. The average molecular weight is 336 g/mol. The van der Waals surface area contributed by atoms with E-state index in [0.29, 0.717) is 16.5 Å². The van der Waals surface area contributed by atoms with Gasteiger partial charge in [-0.15, -0.1) is 0 Å². The summed E-state index contributed by atoms with van der Waals surface area (Å²) in [7, 11) is 2.87. The van der Waals surface area contributed by atoms with E-state index in [9.17, 15) is 10.1 Å². The van der Waals surface area contributed by atoms with Crippen LogP contribution in [0.25, 0.3) is 0 Å².